The molecule has 0 aliphatic carbocycles. The van der Waals surface area contributed by atoms with Crippen LogP contribution in [-0.2, 0) is 9.53 Å². The number of carbonyl (C=O) groups excluding carboxylic acids is 1. The van der Waals surface area contributed by atoms with Crippen LogP contribution in [0.25, 0.3) is 0 Å². The smallest absolute Gasteiger partial charge is 0.305 e. The molecule has 0 aliphatic heterocycles. The number of ether oxygens (including phenoxy) is 1. The van der Waals surface area contributed by atoms with Gasteiger partial charge in [-0.1, -0.05) is 26.2 Å². The summed E-state index contributed by atoms with van der Waals surface area (Å²) < 4.78 is 4.57. The van der Waals surface area contributed by atoms with Crippen molar-refractivity contribution < 1.29 is 9.53 Å². The molecule has 0 spiro atoms. The zero-order chi connectivity index (χ0) is 10.6. The Hall–Kier alpha value is -0.180. The van der Waals surface area contributed by atoms with Crippen LogP contribution in [0.1, 0.15) is 45.4 Å². The van der Waals surface area contributed by atoms with Crippen LogP contribution in [0.2, 0.25) is 0 Å². The number of esters is 1. The molecule has 14 heavy (non-hydrogen) atoms. The maximum atomic E-state index is 10.8. The van der Waals surface area contributed by atoms with Crippen molar-refractivity contribution in [2.24, 2.45) is 0 Å². The first-order valence-electron chi connectivity index (χ1n) is 5.45. The number of carbonyl (C=O) groups is 1. The second kappa shape index (κ2) is 10.9. The lowest BCUT2D eigenvalue weighted by atomic mass is 10.1. The molecule has 2 nitrogen and oxygen atoms in total. The van der Waals surface area contributed by atoms with E-state index < -0.39 is 0 Å². The minimum Gasteiger partial charge on any atom is -0.469 e. The Morgan fingerprint density at radius 1 is 1.14 bits per heavy atom. The quantitative estimate of drug-likeness (QED) is 0.439. The van der Waals surface area contributed by atoms with E-state index in [1.807, 2.05) is 11.8 Å². The van der Waals surface area contributed by atoms with E-state index in [1.165, 1.54) is 37.9 Å². The highest BCUT2D eigenvalue weighted by Gasteiger charge is 1.98. The van der Waals surface area contributed by atoms with Gasteiger partial charge < -0.3 is 4.74 Å². The average Bonchev–Trinajstić information content (AvgIpc) is 2.21. The Morgan fingerprint density at radius 3 is 2.43 bits per heavy atom. The fraction of sp³-hybridized carbons (Fsp3) is 0.909. The Morgan fingerprint density at radius 2 is 1.79 bits per heavy atom. The van der Waals surface area contributed by atoms with Crippen molar-refractivity contribution in [1.29, 1.82) is 0 Å². The van der Waals surface area contributed by atoms with Crippen LogP contribution in [0.3, 0.4) is 0 Å². The first-order chi connectivity index (χ1) is 6.81. The lowest BCUT2D eigenvalue weighted by Crippen LogP contribution is -1.99. The van der Waals surface area contributed by atoms with E-state index in [0.717, 1.165) is 12.8 Å². The van der Waals surface area contributed by atoms with Crippen LogP contribution in [0.4, 0.5) is 0 Å². The van der Waals surface area contributed by atoms with E-state index in [0.29, 0.717) is 6.42 Å². The molecule has 0 radical (unpaired) electrons. The summed E-state index contributed by atoms with van der Waals surface area (Å²) in [4.78, 5) is 10.8. The molecule has 0 N–H and O–H groups in total. The maximum Gasteiger partial charge on any atom is 0.305 e. The predicted molar refractivity (Wildman–Crippen MR) is 62.7 cm³/mol. The van der Waals surface area contributed by atoms with Gasteiger partial charge in [0.2, 0.25) is 0 Å². The molecule has 0 fully saturated rings. The van der Waals surface area contributed by atoms with Crippen LogP contribution >= 0.6 is 11.8 Å². The van der Waals surface area contributed by atoms with E-state index >= 15 is 0 Å². The maximum absolute atomic E-state index is 10.8. The van der Waals surface area contributed by atoms with Crippen LogP contribution in [-0.4, -0.2) is 24.6 Å². The van der Waals surface area contributed by atoms with Crippen molar-refractivity contribution in [3.05, 3.63) is 0 Å². The normalized spacial score (nSPS) is 10.1. The third-order valence-corrected chi connectivity index (χ3v) is 3.09. The Kier molecular flexibility index (Phi) is 10.8. The molecule has 0 unspecified atom stereocenters. The highest BCUT2D eigenvalue weighted by molar-refractivity contribution is 7.99. The zero-order valence-electron chi connectivity index (χ0n) is 9.38. The highest BCUT2D eigenvalue weighted by atomic mass is 32.2. The van der Waals surface area contributed by atoms with E-state index in [4.69, 9.17) is 0 Å². The molecule has 84 valence electrons. The van der Waals surface area contributed by atoms with Gasteiger partial charge in [0.05, 0.1) is 7.11 Å². The monoisotopic (exact) mass is 218 g/mol. The lowest BCUT2D eigenvalue weighted by Gasteiger charge is -2.00. The number of hydrogen-bond donors (Lipinski definition) is 0. The zero-order valence-corrected chi connectivity index (χ0v) is 10.2. The van der Waals surface area contributed by atoms with Crippen LogP contribution < -0.4 is 0 Å². The minimum absolute atomic E-state index is 0.0773. The van der Waals surface area contributed by atoms with Crippen molar-refractivity contribution in [3.8, 4) is 0 Å². The number of unbranched alkanes of at least 4 members (excludes halogenated alkanes) is 4. The molecule has 3 heteroatoms. The van der Waals surface area contributed by atoms with Crippen molar-refractivity contribution in [3.63, 3.8) is 0 Å². The molecular weight excluding hydrogens is 196 g/mol. The first-order valence-corrected chi connectivity index (χ1v) is 6.61. The van der Waals surface area contributed by atoms with Gasteiger partial charge in [-0.25, -0.2) is 0 Å². The summed E-state index contributed by atoms with van der Waals surface area (Å²) in [6, 6.07) is 0. The molecule has 0 saturated heterocycles. The molecule has 0 aromatic rings. The first kappa shape index (κ1) is 13.8. The van der Waals surface area contributed by atoms with Gasteiger partial charge in [0, 0.05) is 6.42 Å². The second-order valence-electron chi connectivity index (χ2n) is 3.29. The highest BCUT2D eigenvalue weighted by Crippen LogP contribution is 2.09. The summed E-state index contributed by atoms with van der Waals surface area (Å²) in [6.07, 6.45) is 6.59. The van der Waals surface area contributed by atoms with Gasteiger partial charge in [0.15, 0.2) is 0 Å². The summed E-state index contributed by atoms with van der Waals surface area (Å²) >= 11 is 2.01. The molecule has 0 atom stereocenters. The summed E-state index contributed by atoms with van der Waals surface area (Å²) in [5.41, 5.74) is 0. The van der Waals surface area contributed by atoms with E-state index in [2.05, 4.69) is 11.7 Å². The minimum atomic E-state index is -0.0773. The van der Waals surface area contributed by atoms with Crippen molar-refractivity contribution in [1.82, 2.24) is 0 Å². The standard InChI is InChI=1S/C11H22O2S/c1-3-14-10-8-6-4-5-7-9-11(12)13-2/h3-10H2,1-2H3. The number of hydrogen-bond acceptors (Lipinski definition) is 3. The fourth-order valence-electron chi connectivity index (χ4n) is 1.25. The molecule has 0 aromatic heterocycles. The molecule has 0 aliphatic rings. The number of methoxy groups -OCH3 is 1. The van der Waals surface area contributed by atoms with Crippen LogP contribution in [0.15, 0.2) is 0 Å². The molecule has 0 bridgehead atoms. The van der Waals surface area contributed by atoms with E-state index in [9.17, 15) is 4.79 Å². The second-order valence-corrected chi connectivity index (χ2v) is 4.68. The van der Waals surface area contributed by atoms with Crippen molar-refractivity contribution >= 4 is 17.7 Å². The Bertz CT molecular complexity index is 137. The van der Waals surface area contributed by atoms with Gasteiger partial charge in [-0.2, -0.15) is 11.8 Å². The Balaban J connectivity index is 2.95. The molecule has 0 aromatic carbocycles. The fourth-order valence-corrected chi connectivity index (χ4v) is 1.95. The summed E-state index contributed by atoms with van der Waals surface area (Å²) in [7, 11) is 1.45. The van der Waals surface area contributed by atoms with E-state index in [-0.39, 0.29) is 5.97 Å². The predicted octanol–water partition coefficient (Wildman–Crippen LogP) is 3.25. The van der Waals surface area contributed by atoms with E-state index in [1.54, 1.807) is 0 Å². The van der Waals surface area contributed by atoms with Gasteiger partial charge >= 0.3 is 5.97 Å². The van der Waals surface area contributed by atoms with Crippen molar-refractivity contribution in [2.75, 3.05) is 18.6 Å². The summed E-state index contributed by atoms with van der Waals surface area (Å²) in [6.45, 7) is 2.20. The number of rotatable bonds is 9. The topological polar surface area (TPSA) is 26.3 Å². The van der Waals surface area contributed by atoms with Crippen molar-refractivity contribution in [2.45, 2.75) is 45.4 Å². The van der Waals surface area contributed by atoms with Gasteiger partial charge in [0.25, 0.3) is 0 Å². The Labute approximate surface area is 91.8 Å². The molecule has 0 heterocycles. The molecule has 0 saturated carbocycles. The van der Waals surface area contributed by atoms with Gasteiger partial charge in [-0.05, 0) is 24.3 Å². The van der Waals surface area contributed by atoms with Gasteiger partial charge in [0.1, 0.15) is 0 Å². The lowest BCUT2D eigenvalue weighted by molar-refractivity contribution is -0.140. The SMILES string of the molecule is CCSCCCCCCCC(=O)OC. The third-order valence-electron chi connectivity index (χ3n) is 2.10. The molecular formula is C11H22O2S. The third kappa shape index (κ3) is 9.90. The largest absolute Gasteiger partial charge is 0.469 e. The van der Waals surface area contributed by atoms with Crippen LogP contribution in [0, 0.1) is 0 Å². The summed E-state index contributed by atoms with van der Waals surface area (Å²) in [5, 5.41) is 0. The van der Waals surface area contributed by atoms with Gasteiger partial charge in [-0.15, -0.1) is 0 Å². The molecule has 0 amide bonds. The average molecular weight is 218 g/mol. The number of thioether (sulfide) groups is 1. The molecule has 0 rings (SSSR count). The summed E-state index contributed by atoms with van der Waals surface area (Å²) in [5.74, 6) is 2.43. The van der Waals surface area contributed by atoms with Gasteiger partial charge in [-0.3, -0.25) is 4.79 Å². The van der Waals surface area contributed by atoms with Crippen LogP contribution in [0.5, 0.6) is 0 Å².